The first-order valence-corrected chi connectivity index (χ1v) is 12.7. The van der Waals surface area contributed by atoms with Gasteiger partial charge in [0.2, 0.25) is 15.9 Å². The molecule has 0 aliphatic carbocycles. The zero-order chi connectivity index (χ0) is 22.7. The number of carbonyl (C=O) groups is 1. The minimum absolute atomic E-state index is 0.157. The second kappa shape index (κ2) is 9.58. The number of carbonyl (C=O) groups excluding carboxylic acids is 1. The van der Waals surface area contributed by atoms with Gasteiger partial charge < -0.3 is 10.1 Å². The molecule has 0 saturated carbocycles. The SMILES string of the molecule is Cc1cc(S[C@H](C)C(=O)Nc2cccc(S(=O)(=O)N3CCOCC3)c2)nc2ccccc12. The van der Waals surface area contributed by atoms with E-state index in [9.17, 15) is 13.2 Å². The van der Waals surface area contributed by atoms with E-state index in [1.165, 1.54) is 22.1 Å². The number of thioether (sulfide) groups is 1. The van der Waals surface area contributed by atoms with Gasteiger partial charge in [0.25, 0.3) is 0 Å². The molecule has 1 aliphatic rings. The Morgan fingerprint density at radius 1 is 1.12 bits per heavy atom. The Morgan fingerprint density at radius 2 is 1.88 bits per heavy atom. The zero-order valence-corrected chi connectivity index (χ0v) is 19.6. The van der Waals surface area contributed by atoms with Crippen molar-refractivity contribution < 1.29 is 17.9 Å². The van der Waals surface area contributed by atoms with Gasteiger partial charge in [-0.3, -0.25) is 4.79 Å². The highest BCUT2D eigenvalue weighted by atomic mass is 32.2. The molecule has 0 radical (unpaired) electrons. The van der Waals surface area contributed by atoms with E-state index >= 15 is 0 Å². The normalized spacial score (nSPS) is 16.1. The lowest BCUT2D eigenvalue weighted by Crippen LogP contribution is -2.40. The Kier molecular flexibility index (Phi) is 6.80. The molecule has 1 amide bonds. The van der Waals surface area contributed by atoms with Crippen LogP contribution in [0.4, 0.5) is 5.69 Å². The first-order valence-electron chi connectivity index (χ1n) is 10.4. The highest BCUT2D eigenvalue weighted by Crippen LogP contribution is 2.28. The van der Waals surface area contributed by atoms with Gasteiger partial charge in [-0.25, -0.2) is 13.4 Å². The molecule has 3 aromatic rings. The van der Waals surface area contributed by atoms with Crippen molar-refractivity contribution in [3.05, 3.63) is 60.2 Å². The maximum absolute atomic E-state index is 12.9. The van der Waals surface area contributed by atoms with E-state index in [0.29, 0.717) is 32.0 Å². The van der Waals surface area contributed by atoms with Crippen LogP contribution in [0.1, 0.15) is 12.5 Å². The highest BCUT2D eigenvalue weighted by Gasteiger charge is 2.26. The quantitative estimate of drug-likeness (QED) is 0.552. The van der Waals surface area contributed by atoms with Crippen LogP contribution in [0, 0.1) is 6.92 Å². The van der Waals surface area contributed by atoms with Gasteiger partial charge in [0.1, 0.15) is 0 Å². The van der Waals surface area contributed by atoms with E-state index in [1.807, 2.05) is 37.3 Å². The highest BCUT2D eigenvalue weighted by molar-refractivity contribution is 8.00. The number of anilines is 1. The van der Waals surface area contributed by atoms with Crippen molar-refractivity contribution >= 4 is 44.3 Å². The third-order valence-electron chi connectivity index (χ3n) is 5.28. The molecule has 0 bridgehead atoms. The monoisotopic (exact) mass is 471 g/mol. The van der Waals surface area contributed by atoms with E-state index < -0.39 is 15.3 Å². The second-order valence-electron chi connectivity index (χ2n) is 7.59. The van der Waals surface area contributed by atoms with Crippen LogP contribution in [-0.4, -0.2) is 55.2 Å². The summed E-state index contributed by atoms with van der Waals surface area (Å²) >= 11 is 1.37. The first kappa shape index (κ1) is 22.7. The molecule has 1 aromatic heterocycles. The van der Waals surface area contributed by atoms with Crippen LogP contribution in [-0.2, 0) is 19.6 Å². The van der Waals surface area contributed by atoms with Crippen molar-refractivity contribution in [2.24, 2.45) is 0 Å². The number of ether oxygens (including phenoxy) is 1. The third kappa shape index (κ3) is 4.96. The molecule has 4 rings (SSSR count). The van der Waals surface area contributed by atoms with Gasteiger partial charge >= 0.3 is 0 Å². The standard InChI is InChI=1S/C23H25N3O4S2/c1-16-14-22(25-21-9-4-3-8-20(16)21)31-17(2)23(27)24-18-6-5-7-19(15-18)32(28,29)26-10-12-30-13-11-26/h3-9,14-15,17H,10-13H2,1-2H3,(H,24,27)/t17-/m1/s1. The van der Waals surface area contributed by atoms with Crippen LogP contribution in [0.5, 0.6) is 0 Å². The molecule has 2 heterocycles. The second-order valence-corrected chi connectivity index (χ2v) is 10.9. The summed E-state index contributed by atoms with van der Waals surface area (Å²) in [4.78, 5) is 17.6. The number of sulfonamides is 1. The molecular weight excluding hydrogens is 446 g/mol. The van der Waals surface area contributed by atoms with E-state index in [1.54, 1.807) is 25.1 Å². The number of morpholine rings is 1. The van der Waals surface area contributed by atoms with E-state index in [2.05, 4.69) is 10.3 Å². The number of fused-ring (bicyclic) bond motifs is 1. The van der Waals surface area contributed by atoms with E-state index in [-0.39, 0.29) is 10.8 Å². The molecule has 168 valence electrons. The topological polar surface area (TPSA) is 88.6 Å². The lowest BCUT2D eigenvalue weighted by atomic mass is 10.1. The van der Waals surface area contributed by atoms with Crippen molar-refractivity contribution in [2.45, 2.75) is 29.0 Å². The number of nitrogens with zero attached hydrogens (tertiary/aromatic N) is 2. The predicted molar refractivity (Wildman–Crippen MR) is 126 cm³/mol. The van der Waals surface area contributed by atoms with Crippen LogP contribution in [0.25, 0.3) is 10.9 Å². The number of amides is 1. The molecule has 0 unspecified atom stereocenters. The Hall–Kier alpha value is -2.46. The number of rotatable bonds is 6. The maximum atomic E-state index is 12.9. The average Bonchev–Trinajstić information content (AvgIpc) is 2.80. The number of nitrogens with one attached hydrogen (secondary N) is 1. The molecule has 1 N–H and O–H groups in total. The number of aromatic nitrogens is 1. The van der Waals surface area contributed by atoms with Crippen LogP contribution in [0.15, 0.2) is 64.5 Å². The smallest absolute Gasteiger partial charge is 0.243 e. The summed E-state index contributed by atoms with van der Waals surface area (Å²) in [5.74, 6) is -0.219. The van der Waals surface area contributed by atoms with Crippen molar-refractivity contribution in [1.29, 1.82) is 0 Å². The predicted octanol–water partition coefficient (Wildman–Crippen LogP) is 3.68. The third-order valence-corrected chi connectivity index (χ3v) is 8.19. The molecule has 1 fully saturated rings. The molecule has 32 heavy (non-hydrogen) atoms. The summed E-state index contributed by atoms with van der Waals surface area (Å²) in [6, 6.07) is 16.2. The largest absolute Gasteiger partial charge is 0.379 e. The Balaban J connectivity index is 1.46. The number of benzene rings is 2. The Bertz CT molecular complexity index is 1240. The van der Waals surface area contributed by atoms with Crippen molar-refractivity contribution in [2.75, 3.05) is 31.6 Å². The summed E-state index contributed by atoms with van der Waals surface area (Å²) in [6.07, 6.45) is 0. The van der Waals surface area contributed by atoms with Gasteiger partial charge in [-0.15, -0.1) is 0 Å². The molecule has 9 heteroatoms. The van der Waals surface area contributed by atoms with E-state index in [0.717, 1.165) is 21.5 Å². The number of aryl methyl sites for hydroxylation is 1. The van der Waals surface area contributed by atoms with Gasteiger partial charge in [0.15, 0.2) is 0 Å². The van der Waals surface area contributed by atoms with Gasteiger partial charge in [-0.2, -0.15) is 4.31 Å². The van der Waals surface area contributed by atoms with Crippen molar-refractivity contribution in [3.63, 3.8) is 0 Å². The van der Waals surface area contributed by atoms with Crippen molar-refractivity contribution in [3.8, 4) is 0 Å². The lowest BCUT2D eigenvalue weighted by Gasteiger charge is -2.26. The van der Waals surface area contributed by atoms with Crippen LogP contribution >= 0.6 is 11.8 Å². The average molecular weight is 472 g/mol. The van der Waals surface area contributed by atoms with Crippen LogP contribution in [0.3, 0.4) is 0 Å². The molecular formula is C23H25N3O4S2. The summed E-state index contributed by atoms with van der Waals surface area (Å²) in [5, 5.41) is 4.28. The maximum Gasteiger partial charge on any atom is 0.243 e. The van der Waals surface area contributed by atoms with Crippen LogP contribution < -0.4 is 5.32 Å². The number of hydrogen-bond acceptors (Lipinski definition) is 6. The van der Waals surface area contributed by atoms with Gasteiger partial charge in [-0.1, -0.05) is 36.0 Å². The lowest BCUT2D eigenvalue weighted by molar-refractivity contribution is -0.115. The number of hydrogen-bond donors (Lipinski definition) is 1. The number of pyridine rings is 1. The van der Waals surface area contributed by atoms with Crippen molar-refractivity contribution in [1.82, 2.24) is 9.29 Å². The zero-order valence-electron chi connectivity index (χ0n) is 17.9. The minimum Gasteiger partial charge on any atom is -0.379 e. The summed E-state index contributed by atoms with van der Waals surface area (Å²) in [5.41, 5.74) is 2.44. The fraction of sp³-hybridized carbons (Fsp3) is 0.304. The minimum atomic E-state index is -3.63. The Labute approximate surface area is 192 Å². The Morgan fingerprint density at radius 3 is 2.66 bits per heavy atom. The van der Waals surface area contributed by atoms with Gasteiger partial charge in [-0.05, 0) is 49.7 Å². The molecule has 2 aromatic carbocycles. The first-order chi connectivity index (χ1) is 15.3. The molecule has 1 aliphatic heterocycles. The molecule has 0 spiro atoms. The molecule has 1 atom stereocenters. The van der Waals surface area contributed by atoms with Crippen LogP contribution in [0.2, 0.25) is 0 Å². The summed E-state index contributed by atoms with van der Waals surface area (Å²) in [6.45, 7) is 5.24. The fourth-order valence-electron chi connectivity index (χ4n) is 3.53. The molecule has 7 nitrogen and oxygen atoms in total. The van der Waals surface area contributed by atoms with E-state index in [4.69, 9.17) is 4.74 Å². The molecule has 1 saturated heterocycles. The fourth-order valence-corrected chi connectivity index (χ4v) is 5.91. The summed E-state index contributed by atoms with van der Waals surface area (Å²) in [7, 11) is -3.63. The number of para-hydroxylation sites is 1. The van der Waals surface area contributed by atoms with Gasteiger partial charge in [0, 0.05) is 24.2 Å². The summed E-state index contributed by atoms with van der Waals surface area (Å²) < 4.78 is 32.4. The van der Waals surface area contributed by atoms with Gasteiger partial charge in [0.05, 0.1) is 33.9 Å².